The highest BCUT2D eigenvalue weighted by atomic mass is 32.2. The number of sulfone groups is 1. The summed E-state index contributed by atoms with van der Waals surface area (Å²) in [5.74, 6) is 0.688. The minimum Gasteiger partial charge on any atom is -0.467 e. The van der Waals surface area contributed by atoms with Crippen molar-refractivity contribution in [3.63, 3.8) is 0 Å². The zero-order valence-electron chi connectivity index (χ0n) is 12.1. The first kappa shape index (κ1) is 15.5. The fourth-order valence-electron chi connectivity index (χ4n) is 2.23. The standard InChI is InChI=1S/C13H23N3O3S/c1-15(7-8-16-5-3-14-4-6-16)10-12-9-13(11-19-12)20(2,17)18/h9,11,14H,3-8,10H2,1-2H3. The van der Waals surface area contributed by atoms with E-state index in [1.54, 1.807) is 6.07 Å². The van der Waals surface area contributed by atoms with Crippen molar-refractivity contribution in [2.45, 2.75) is 11.4 Å². The van der Waals surface area contributed by atoms with Crippen LogP contribution in [0, 0.1) is 0 Å². The van der Waals surface area contributed by atoms with Crippen LogP contribution in [0.5, 0.6) is 0 Å². The van der Waals surface area contributed by atoms with Crippen LogP contribution in [0.1, 0.15) is 5.76 Å². The normalized spacial score (nSPS) is 17.8. The zero-order chi connectivity index (χ0) is 14.6. The van der Waals surface area contributed by atoms with Crippen molar-refractivity contribution in [1.82, 2.24) is 15.1 Å². The number of hydrogen-bond donors (Lipinski definition) is 1. The molecule has 0 saturated carbocycles. The van der Waals surface area contributed by atoms with E-state index in [0.29, 0.717) is 12.3 Å². The molecule has 0 aromatic carbocycles. The Morgan fingerprint density at radius 1 is 1.40 bits per heavy atom. The van der Waals surface area contributed by atoms with Crippen LogP contribution in [0.15, 0.2) is 21.6 Å². The average molecular weight is 301 g/mol. The molecule has 6 nitrogen and oxygen atoms in total. The van der Waals surface area contributed by atoms with Crippen LogP contribution in [-0.4, -0.2) is 70.8 Å². The van der Waals surface area contributed by atoms with Gasteiger partial charge in [-0.3, -0.25) is 9.80 Å². The quantitative estimate of drug-likeness (QED) is 0.799. The van der Waals surface area contributed by atoms with Crippen LogP contribution in [0.25, 0.3) is 0 Å². The molecule has 1 aliphatic rings. The molecule has 0 bridgehead atoms. The average Bonchev–Trinajstić information content (AvgIpc) is 2.86. The van der Waals surface area contributed by atoms with Crippen molar-refractivity contribution in [2.75, 3.05) is 52.6 Å². The van der Waals surface area contributed by atoms with Gasteiger partial charge in [-0.05, 0) is 13.1 Å². The Bertz CT molecular complexity index is 521. The Morgan fingerprint density at radius 3 is 2.70 bits per heavy atom. The molecular formula is C13H23N3O3S. The second-order valence-electron chi connectivity index (χ2n) is 5.35. The van der Waals surface area contributed by atoms with Gasteiger partial charge in [0.25, 0.3) is 0 Å². The molecule has 1 aliphatic heterocycles. The number of furan rings is 1. The lowest BCUT2D eigenvalue weighted by atomic mass is 10.3. The van der Waals surface area contributed by atoms with E-state index in [2.05, 4.69) is 15.1 Å². The number of nitrogens with zero attached hydrogens (tertiary/aromatic N) is 2. The van der Waals surface area contributed by atoms with Gasteiger partial charge in [-0.25, -0.2) is 8.42 Å². The summed E-state index contributed by atoms with van der Waals surface area (Å²) < 4.78 is 28.1. The monoisotopic (exact) mass is 301 g/mol. The third-order valence-corrected chi connectivity index (χ3v) is 4.56. The van der Waals surface area contributed by atoms with Gasteiger partial charge >= 0.3 is 0 Å². The van der Waals surface area contributed by atoms with Gasteiger partial charge in [0.15, 0.2) is 9.84 Å². The summed E-state index contributed by atoms with van der Waals surface area (Å²) in [6, 6.07) is 1.61. The SMILES string of the molecule is CN(CCN1CCNCC1)Cc1cc(S(C)(=O)=O)co1. The lowest BCUT2D eigenvalue weighted by Crippen LogP contribution is -2.45. The molecule has 2 heterocycles. The number of nitrogens with one attached hydrogen (secondary N) is 1. The summed E-state index contributed by atoms with van der Waals surface area (Å²) in [5.41, 5.74) is 0. The minimum atomic E-state index is -3.17. The molecule has 0 atom stereocenters. The van der Waals surface area contributed by atoms with Gasteiger partial charge in [0.2, 0.25) is 0 Å². The van der Waals surface area contributed by atoms with Crippen LogP contribution in [0.3, 0.4) is 0 Å². The Hall–Kier alpha value is -0.890. The molecule has 0 amide bonds. The van der Waals surface area contributed by atoms with Crippen molar-refractivity contribution >= 4 is 9.84 Å². The molecule has 20 heavy (non-hydrogen) atoms. The number of likely N-dealkylation sites (N-methyl/N-ethyl adjacent to an activating group) is 1. The van der Waals surface area contributed by atoms with Gasteiger partial charge in [0, 0.05) is 45.5 Å². The molecule has 1 aromatic heterocycles. The second kappa shape index (κ2) is 6.71. The van der Waals surface area contributed by atoms with E-state index in [1.165, 1.54) is 12.5 Å². The number of piperazine rings is 1. The van der Waals surface area contributed by atoms with E-state index in [9.17, 15) is 8.42 Å². The summed E-state index contributed by atoms with van der Waals surface area (Å²) in [4.78, 5) is 4.83. The van der Waals surface area contributed by atoms with Crippen LogP contribution < -0.4 is 5.32 Å². The van der Waals surface area contributed by atoms with E-state index in [4.69, 9.17) is 4.42 Å². The summed E-state index contributed by atoms with van der Waals surface area (Å²) in [6.45, 7) is 6.88. The predicted octanol–water partition coefficient (Wildman–Crippen LogP) is 0.0201. The largest absolute Gasteiger partial charge is 0.467 e. The van der Waals surface area contributed by atoms with E-state index in [-0.39, 0.29) is 4.90 Å². The summed E-state index contributed by atoms with van der Waals surface area (Å²) in [6.07, 6.45) is 2.50. The molecule has 1 N–H and O–H groups in total. The van der Waals surface area contributed by atoms with Crippen molar-refractivity contribution in [3.05, 3.63) is 18.1 Å². The third-order valence-electron chi connectivity index (χ3n) is 3.49. The Labute approximate surface area is 120 Å². The fraction of sp³-hybridized carbons (Fsp3) is 0.692. The van der Waals surface area contributed by atoms with Gasteiger partial charge in [-0.1, -0.05) is 0 Å². The highest BCUT2D eigenvalue weighted by molar-refractivity contribution is 7.90. The molecule has 2 rings (SSSR count). The Morgan fingerprint density at radius 2 is 2.10 bits per heavy atom. The van der Waals surface area contributed by atoms with Gasteiger partial charge in [0.05, 0.1) is 6.54 Å². The smallest absolute Gasteiger partial charge is 0.178 e. The number of hydrogen-bond acceptors (Lipinski definition) is 6. The van der Waals surface area contributed by atoms with Crippen LogP contribution >= 0.6 is 0 Å². The first-order valence-corrected chi connectivity index (χ1v) is 8.73. The predicted molar refractivity (Wildman–Crippen MR) is 77.5 cm³/mol. The van der Waals surface area contributed by atoms with Crippen molar-refractivity contribution in [3.8, 4) is 0 Å². The highest BCUT2D eigenvalue weighted by Crippen LogP contribution is 2.14. The van der Waals surface area contributed by atoms with Crippen molar-refractivity contribution < 1.29 is 12.8 Å². The maximum atomic E-state index is 11.4. The van der Waals surface area contributed by atoms with Crippen LogP contribution in [0.4, 0.5) is 0 Å². The Balaban J connectivity index is 1.79. The molecule has 1 saturated heterocycles. The second-order valence-corrected chi connectivity index (χ2v) is 7.37. The number of rotatable bonds is 6. The van der Waals surface area contributed by atoms with Crippen LogP contribution in [-0.2, 0) is 16.4 Å². The maximum Gasteiger partial charge on any atom is 0.178 e. The Kier molecular flexibility index (Phi) is 5.20. The molecule has 0 spiro atoms. The zero-order valence-corrected chi connectivity index (χ0v) is 12.9. The molecular weight excluding hydrogens is 278 g/mol. The molecule has 7 heteroatoms. The lowest BCUT2D eigenvalue weighted by Gasteiger charge is -2.28. The summed E-state index contributed by atoms with van der Waals surface area (Å²) in [7, 11) is -1.16. The van der Waals surface area contributed by atoms with E-state index in [0.717, 1.165) is 39.3 Å². The molecule has 0 radical (unpaired) electrons. The van der Waals surface area contributed by atoms with E-state index >= 15 is 0 Å². The summed E-state index contributed by atoms with van der Waals surface area (Å²) >= 11 is 0. The van der Waals surface area contributed by atoms with Crippen molar-refractivity contribution in [1.29, 1.82) is 0 Å². The lowest BCUT2D eigenvalue weighted by molar-refractivity contribution is 0.197. The van der Waals surface area contributed by atoms with Gasteiger partial charge < -0.3 is 9.73 Å². The maximum absolute atomic E-state index is 11.4. The molecule has 1 aromatic rings. The van der Waals surface area contributed by atoms with Crippen LogP contribution in [0.2, 0.25) is 0 Å². The third kappa shape index (κ3) is 4.59. The molecule has 1 fully saturated rings. The van der Waals surface area contributed by atoms with Gasteiger partial charge in [0.1, 0.15) is 16.9 Å². The topological polar surface area (TPSA) is 65.8 Å². The van der Waals surface area contributed by atoms with E-state index in [1.807, 2.05) is 7.05 Å². The first-order valence-electron chi connectivity index (χ1n) is 6.84. The summed E-state index contributed by atoms with van der Waals surface area (Å²) in [5, 5.41) is 3.33. The molecule has 114 valence electrons. The van der Waals surface area contributed by atoms with Crippen molar-refractivity contribution in [2.24, 2.45) is 0 Å². The minimum absolute atomic E-state index is 0.253. The van der Waals surface area contributed by atoms with Gasteiger partial charge in [-0.2, -0.15) is 0 Å². The first-order chi connectivity index (χ1) is 9.45. The van der Waals surface area contributed by atoms with E-state index < -0.39 is 9.84 Å². The molecule has 0 aliphatic carbocycles. The molecule has 0 unspecified atom stereocenters. The highest BCUT2D eigenvalue weighted by Gasteiger charge is 2.14. The van der Waals surface area contributed by atoms with Gasteiger partial charge in [-0.15, -0.1) is 0 Å². The fourth-order valence-corrected chi connectivity index (χ4v) is 2.80.